The first-order chi connectivity index (χ1) is 14.2. The van der Waals surface area contributed by atoms with Gasteiger partial charge in [-0.3, -0.25) is 14.5 Å². The van der Waals surface area contributed by atoms with Crippen LogP contribution in [0.3, 0.4) is 0 Å². The highest BCUT2D eigenvalue weighted by Crippen LogP contribution is 2.38. The molecular formula is C25H23BrN2O2. The van der Waals surface area contributed by atoms with Crippen molar-refractivity contribution in [3.8, 4) is 0 Å². The predicted octanol–water partition coefficient (Wildman–Crippen LogP) is 6.22. The summed E-state index contributed by atoms with van der Waals surface area (Å²) < 4.78 is 0.983. The van der Waals surface area contributed by atoms with Crippen LogP contribution < -0.4 is 10.2 Å². The van der Waals surface area contributed by atoms with Gasteiger partial charge in [-0.1, -0.05) is 67.0 Å². The number of Topliss-reactive ketones (excluding diaryl/α,β-unsaturated/α-hetero) is 1. The van der Waals surface area contributed by atoms with Crippen molar-refractivity contribution in [1.82, 2.24) is 0 Å². The number of ketones is 1. The molecule has 1 aliphatic heterocycles. The number of benzene rings is 3. The van der Waals surface area contributed by atoms with Crippen LogP contribution in [0.15, 0.2) is 71.2 Å². The van der Waals surface area contributed by atoms with Gasteiger partial charge in [0.25, 0.3) is 11.7 Å². The molecule has 0 saturated carbocycles. The molecule has 4 rings (SSSR count). The van der Waals surface area contributed by atoms with Crippen LogP contribution >= 0.6 is 15.9 Å². The fourth-order valence-electron chi connectivity index (χ4n) is 3.59. The molecule has 30 heavy (non-hydrogen) atoms. The monoisotopic (exact) mass is 462 g/mol. The van der Waals surface area contributed by atoms with Crippen LogP contribution in [0.25, 0.3) is 0 Å². The highest BCUT2D eigenvalue weighted by atomic mass is 79.9. The maximum atomic E-state index is 12.8. The maximum Gasteiger partial charge on any atom is 0.299 e. The Hall–Kier alpha value is -2.92. The third-order valence-electron chi connectivity index (χ3n) is 5.27. The van der Waals surface area contributed by atoms with E-state index in [0.29, 0.717) is 17.8 Å². The van der Waals surface area contributed by atoms with Crippen molar-refractivity contribution >= 4 is 44.7 Å². The molecule has 5 heteroatoms. The number of anilines is 3. The van der Waals surface area contributed by atoms with Gasteiger partial charge in [0, 0.05) is 10.2 Å². The Balaban J connectivity index is 1.67. The second-order valence-electron chi connectivity index (χ2n) is 8.50. The zero-order valence-electron chi connectivity index (χ0n) is 17.2. The van der Waals surface area contributed by atoms with E-state index < -0.39 is 11.7 Å². The molecule has 0 unspecified atom stereocenters. The molecule has 1 aliphatic rings. The van der Waals surface area contributed by atoms with Gasteiger partial charge < -0.3 is 5.32 Å². The second kappa shape index (κ2) is 7.73. The molecule has 0 saturated heterocycles. The molecule has 0 radical (unpaired) electrons. The van der Waals surface area contributed by atoms with Gasteiger partial charge in [0.15, 0.2) is 0 Å². The quantitative estimate of drug-likeness (QED) is 0.468. The summed E-state index contributed by atoms with van der Waals surface area (Å²) in [7, 11) is 0. The summed E-state index contributed by atoms with van der Waals surface area (Å²) in [6.45, 7) is 6.85. The summed E-state index contributed by atoms with van der Waals surface area (Å²) in [5.74, 6) is -0.953. The van der Waals surface area contributed by atoms with Crippen LogP contribution in [-0.2, 0) is 16.8 Å². The van der Waals surface area contributed by atoms with Crippen LogP contribution in [-0.4, -0.2) is 11.7 Å². The Kier molecular flexibility index (Phi) is 5.24. The number of rotatable bonds is 4. The summed E-state index contributed by atoms with van der Waals surface area (Å²) in [5, 5.41) is 3.35. The van der Waals surface area contributed by atoms with Crippen molar-refractivity contribution < 1.29 is 9.59 Å². The molecule has 0 atom stereocenters. The average Bonchev–Trinajstić information content (AvgIpc) is 2.95. The first-order valence-electron chi connectivity index (χ1n) is 9.85. The lowest BCUT2D eigenvalue weighted by atomic mass is 9.87. The summed E-state index contributed by atoms with van der Waals surface area (Å²) in [4.78, 5) is 27.0. The third-order valence-corrected chi connectivity index (χ3v) is 5.80. The van der Waals surface area contributed by atoms with Gasteiger partial charge in [-0.05, 0) is 52.9 Å². The molecule has 0 fully saturated rings. The van der Waals surface area contributed by atoms with E-state index in [-0.39, 0.29) is 5.41 Å². The number of hydrogen-bond acceptors (Lipinski definition) is 3. The molecule has 1 heterocycles. The first-order valence-corrected chi connectivity index (χ1v) is 10.6. The number of nitrogens with zero attached hydrogens (tertiary/aromatic N) is 1. The molecule has 3 aromatic rings. The SMILES string of the molecule is CC(C)(C)c1ccc(CN2C(=O)C(=O)c3cccc(Nc4ccc(Br)cc4)c32)cc1. The number of carbonyl (C=O) groups excluding carboxylic acids is 2. The van der Waals surface area contributed by atoms with Crippen molar-refractivity contribution in [2.24, 2.45) is 0 Å². The molecule has 0 aliphatic carbocycles. The second-order valence-corrected chi connectivity index (χ2v) is 9.42. The van der Waals surface area contributed by atoms with Crippen LogP contribution in [0.1, 0.15) is 42.3 Å². The third kappa shape index (κ3) is 3.90. The Morgan fingerprint density at radius 2 is 1.57 bits per heavy atom. The number of hydrogen-bond donors (Lipinski definition) is 1. The predicted molar refractivity (Wildman–Crippen MR) is 125 cm³/mol. The minimum absolute atomic E-state index is 0.0618. The van der Waals surface area contributed by atoms with Crippen molar-refractivity contribution in [2.75, 3.05) is 10.2 Å². The Bertz CT molecular complexity index is 1110. The number of carbonyl (C=O) groups is 2. The summed E-state index contributed by atoms with van der Waals surface area (Å²) in [5.41, 5.74) is 4.97. The van der Waals surface area contributed by atoms with Crippen molar-refractivity contribution in [2.45, 2.75) is 32.7 Å². The van der Waals surface area contributed by atoms with Crippen LogP contribution in [0, 0.1) is 0 Å². The first kappa shape index (κ1) is 20.4. The molecule has 3 aromatic carbocycles. The molecule has 152 valence electrons. The van der Waals surface area contributed by atoms with E-state index in [1.807, 2.05) is 42.5 Å². The molecule has 1 amide bonds. The van der Waals surface area contributed by atoms with E-state index in [2.05, 4.69) is 54.2 Å². The fraction of sp³-hybridized carbons (Fsp3) is 0.200. The molecule has 1 N–H and O–H groups in total. The van der Waals surface area contributed by atoms with E-state index in [1.165, 1.54) is 5.56 Å². The van der Waals surface area contributed by atoms with Gasteiger partial charge in [-0.25, -0.2) is 0 Å². The lowest BCUT2D eigenvalue weighted by Gasteiger charge is -2.22. The zero-order chi connectivity index (χ0) is 21.5. The summed E-state index contributed by atoms with van der Waals surface area (Å²) in [6, 6.07) is 21.4. The van der Waals surface area contributed by atoms with Gasteiger partial charge in [0.05, 0.1) is 23.5 Å². The molecule has 0 aromatic heterocycles. The van der Waals surface area contributed by atoms with E-state index in [0.717, 1.165) is 21.4 Å². The Morgan fingerprint density at radius 3 is 2.20 bits per heavy atom. The van der Waals surface area contributed by atoms with E-state index in [4.69, 9.17) is 0 Å². The van der Waals surface area contributed by atoms with Crippen LogP contribution in [0.2, 0.25) is 0 Å². The van der Waals surface area contributed by atoms with Gasteiger partial charge in [0.1, 0.15) is 0 Å². The largest absolute Gasteiger partial charge is 0.354 e. The van der Waals surface area contributed by atoms with Crippen LogP contribution in [0.4, 0.5) is 17.1 Å². The van der Waals surface area contributed by atoms with E-state index in [9.17, 15) is 9.59 Å². The number of amides is 1. The minimum atomic E-state index is -0.491. The lowest BCUT2D eigenvalue weighted by Crippen LogP contribution is -2.29. The van der Waals surface area contributed by atoms with E-state index >= 15 is 0 Å². The van der Waals surface area contributed by atoms with Gasteiger partial charge in [-0.2, -0.15) is 0 Å². The van der Waals surface area contributed by atoms with E-state index in [1.54, 1.807) is 17.0 Å². The van der Waals surface area contributed by atoms with Gasteiger partial charge in [0.2, 0.25) is 0 Å². The Labute approximate surface area is 185 Å². The lowest BCUT2D eigenvalue weighted by molar-refractivity contribution is -0.114. The zero-order valence-corrected chi connectivity index (χ0v) is 18.8. The summed E-state index contributed by atoms with van der Waals surface area (Å²) in [6.07, 6.45) is 0. The number of fused-ring (bicyclic) bond motifs is 1. The normalized spacial score (nSPS) is 13.5. The van der Waals surface area contributed by atoms with Crippen molar-refractivity contribution in [3.63, 3.8) is 0 Å². The smallest absolute Gasteiger partial charge is 0.299 e. The average molecular weight is 463 g/mol. The van der Waals surface area contributed by atoms with Crippen molar-refractivity contribution in [1.29, 1.82) is 0 Å². The number of nitrogens with one attached hydrogen (secondary N) is 1. The minimum Gasteiger partial charge on any atom is -0.354 e. The fourth-order valence-corrected chi connectivity index (χ4v) is 3.85. The standard InChI is InChI=1S/C25H23BrN2O2/c1-25(2,3)17-9-7-16(8-10-17)15-28-22-20(23(29)24(28)30)5-4-6-21(22)27-19-13-11-18(26)12-14-19/h4-14,27H,15H2,1-3H3. The number of halogens is 1. The molecule has 0 spiro atoms. The van der Waals surface area contributed by atoms with Gasteiger partial charge in [-0.15, -0.1) is 0 Å². The van der Waals surface area contributed by atoms with Crippen LogP contribution in [0.5, 0.6) is 0 Å². The topological polar surface area (TPSA) is 49.4 Å². The molecule has 4 nitrogen and oxygen atoms in total. The highest BCUT2D eigenvalue weighted by Gasteiger charge is 2.37. The van der Waals surface area contributed by atoms with Gasteiger partial charge >= 0.3 is 0 Å². The van der Waals surface area contributed by atoms with Crippen molar-refractivity contribution in [3.05, 3.63) is 87.9 Å². The molecule has 0 bridgehead atoms. The maximum absolute atomic E-state index is 12.8. The summed E-state index contributed by atoms with van der Waals surface area (Å²) >= 11 is 3.43. The Morgan fingerprint density at radius 1 is 0.900 bits per heavy atom. The highest BCUT2D eigenvalue weighted by molar-refractivity contribution is 9.10. The molecular weight excluding hydrogens is 440 g/mol. The number of para-hydroxylation sites is 1.